The van der Waals surface area contributed by atoms with Gasteiger partial charge in [0.25, 0.3) is 0 Å². The molecule has 7 heteroatoms. The van der Waals surface area contributed by atoms with Crippen molar-refractivity contribution in [2.75, 3.05) is 21.3 Å². The van der Waals surface area contributed by atoms with Crippen LogP contribution in [0.4, 0.5) is 0 Å². The maximum Gasteiger partial charge on any atom is 0.421 e. The van der Waals surface area contributed by atoms with Crippen LogP contribution in [0.25, 0.3) is 11.1 Å². The van der Waals surface area contributed by atoms with E-state index in [-0.39, 0.29) is 0 Å². The third kappa shape index (κ3) is 3.50. The largest absolute Gasteiger partial charge is 0.493 e. The van der Waals surface area contributed by atoms with Gasteiger partial charge in [-0.3, -0.25) is 9.47 Å². The summed E-state index contributed by atoms with van der Waals surface area (Å²) in [5.41, 5.74) is 2.15. The molecule has 3 rings (SSSR count). The Morgan fingerprint density at radius 3 is 2.72 bits per heavy atom. The molecular formula is C18H19ClN2O4. The Morgan fingerprint density at radius 2 is 2.00 bits per heavy atom. The topological polar surface area (TPSA) is 56.8 Å². The SMILES string of the molecule is COc1cccc(CN(C)Cn2c(=O)oc3cc(Cl)ccc32)c1OC. The third-order valence-electron chi connectivity index (χ3n) is 3.94. The van der Waals surface area contributed by atoms with E-state index in [4.69, 9.17) is 25.5 Å². The third-order valence-corrected chi connectivity index (χ3v) is 4.17. The van der Waals surface area contributed by atoms with Crippen molar-refractivity contribution >= 4 is 22.7 Å². The highest BCUT2D eigenvalue weighted by molar-refractivity contribution is 6.31. The second-order valence-corrected chi connectivity index (χ2v) is 6.15. The van der Waals surface area contributed by atoms with Crippen molar-refractivity contribution in [1.29, 1.82) is 0 Å². The van der Waals surface area contributed by atoms with Crippen LogP contribution in [0.5, 0.6) is 11.5 Å². The summed E-state index contributed by atoms with van der Waals surface area (Å²) < 4.78 is 17.6. The normalized spacial score (nSPS) is 11.2. The maximum atomic E-state index is 12.1. The number of halogens is 1. The molecule has 3 aromatic rings. The monoisotopic (exact) mass is 362 g/mol. The van der Waals surface area contributed by atoms with Gasteiger partial charge in [0.15, 0.2) is 17.1 Å². The van der Waals surface area contributed by atoms with Gasteiger partial charge in [0.1, 0.15) is 0 Å². The molecule has 0 atom stereocenters. The highest BCUT2D eigenvalue weighted by atomic mass is 35.5. The zero-order valence-electron chi connectivity index (χ0n) is 14.3. The van der Waals surface area contributed by atoms with Crippen molar-refractivity contribution in [2.45, 2.75) is 13.2 Å². The molecule has 6 nitrogen and oxygen atoms in total. The Kier molecular flexibility index (Phi) is 5.01. The molecule has 0 radical (unpaired) electrons. The van der Waals surface area contributed by atoms with Crippen LogP contribution >= 0.6 is 11.6 Å². The standard InChI is InChI=1S/C18H19ClN2O4/c1-20(10-12-5-4-6-15(23-2)17(12)24-3)11-21-14-8-7-13(19)9-16(14)25-18(21)22/h4-9H,10-11H2,1-3H3. The smallest absolute Gasteiger partial charge is 0.421 e. The molecule has 0 unspecified atom stereocenters. The lowest BCUT2D eigenvalue weighted by Crippen LogP contribution is -2.27. The van der Waals surface area contributed by atoms with Crippen LogP contribution in [0.2, 0.25) is 5.02 Å². The van der Waals surface area contributed by atoms with Crippen molar-refractivity contribution in [2.24, 2.45) is 0 Å². The van der Waals surface area contributed by atoms with E-state index in [0.717, 1.165) is 5.56 Å². The molecule has 0 spiro atoms. The van der Waals surface area contributed by atoms with E-state index in [1.54, 1.807) is 37.0 Å². The molecule has 1 heterocycles. The number of benzene rings is 2. The minimum Gasteiger partial charge on any atom is -0.493 e. The number of fused-ring (bicyclic) bond motifs is 1. The van der Waals surface area contributed by atoms with Crippen LogP contribution in [0.1, 0.15) is 5.56 Å². The lowest BCUT2D eigenvalue weighted by Gasteiger charge is -2.19. The second-order valence-electron chi connectivity index (χ2n) is 5.72. The fourth-order valence-corrected chi connectivity index (χ4v) is 3.00. The highest BCUT2D eigenvalue weighted by Crippen LogP contribution is 2.31. The van der Waals surface area contributed by atoms with Crippen LogP contribution in [-0.4, -0.2) is 30.7 Å². The summed E-state index contributed by atoms with van der Waals surface area (Å²) in [6.07, 6.45) is 0. The van der Waals surface area contributed by atoms with Gasteiger partial charge in [-0.1, -0.05) is 23.7 Å². The number of hydrogen-bond donors (Lipinski definition) is 0. The molecule has 0 bridgehead atoms. The van der Waals surface area contributed by atoms with Crippen molar-refractivity contribution in [3.63, 3.8) is 0 Å². The number of methoxy groups -OCH3 is 2. The van der Waals surface area contributed by atoms with E-state index in [2.05, 4.69) is 0 Å². The summed E-state index contributed by atoms with van der Waals surface area (Å²) in [6, 6.07) is 10.9. The minimum atomic E-state index is -0.415. The van der Waals surface area contributed by atoms with Gasteiger partial charge in [0.2, 0.25) is 0 Å². The fraction of sp³-hybridized carbons (Fsp3) is 0.278. The quantitative estimate of drug-likeness (QED) is 0.673. The van der Waals surface area contributed by atoms with Gasteiger partial charge < -0.3 is 13.9 Å². The first-order chi connectivity index (χ1) is 12.0. The molecule has 2 aromatic carbocycles. The van der Waals surface area contributed by atoms with Gasteiger partial charge in [-0.05, 0) is 25.2 Å². The molecule has 0 N–H and O–H groups in total. The summed E-state index contributed by atoms with van der Waals surface area (Å²) in [7, 11) is 5.13. The molecule has 25 heavy (non-hydrogen) atoms. The van der Waals surface area contributed by atoms with Gasteiger partial charge in [-0.25, -0.2) is 4.79 Å². The van der Waals surface area contributed by atoms with Crippen LogP contribution in [-0.2, 0) is 13.2 Å². The maximum absolute atomic E-state index is 12.1. The second kappa shape index (κ2) is 7.21. The van der Waals surface area contributed by atoms with Crippen LogP contribution < -0.4 is 15.2 Å². The first kappa shape index (κ1) is 17.4. The molecule has 0 aliphatic rings. The van der Waals surface area contributed by atoms with Crippen LogP contribution in [0, 0.1) is 0 Å². The van der Waals surface area contributed by atoms with E-state index in [1.165, 1.54) is 0 Å². The van der Waals surface area contributed by atoms with Gasteiger partial charge in [0.05, 0.1) is 26.4 Å². The van der Waals surface area contributed by atoms with Gasteiger partial charge >= 0.3 is 5.76 Å². The molecule has 0 saturated carbocycles. The van der Waals surface area contributed by atoms with E-state index >= 15 is 0 Å². The molecule has 0 amide bonds. The highest BCUT2D eigenvalue weighted by Gasteiger charge is 2.14. The number of oxazole rings is 1. The van der Waals surface area contributed by atoms with Crippen LogP contribution in [0.15, 0.2) is 45.6 Å². The molecule has 0 aliphatic carbocycles. The van der Waals surface area contributed by atoms with Gasteiger partial charge in [-0.2, -0.15) is 0 Å². The molecule has 0 fully saturated rings. The number of ether oxygens (including phenoxy) is 2. The molecule has 1 aromatic heterocycles. The lowest BCUT2D eigenvalue weighted by molar-refractivity contribution is 0.248. The Balaban J connectivity index is 1.86. The summed E-state index contributed by atoms with van der Waals surface area (Å²) >= 11 is 5.95. The number of hydrogen-bond acceptors (Lipinski definition) is 5. The first-order valence-corrected chi connectivity index (χ1v) is 8.08. The summed E-state index contributed by atoms with van der Waals surface area (Å²) in [5.74, 6) is 0.948. The summed E-state index contributed by atoms with van der Waals surface area (Å²) in [6.45, 7) is 0.945. The van der Waals surface area contributed by atoms with Crippen molar-refractivity contribution in [3.8, 4) is 11.5 Å². The summed E-state index contributed by atoms with van der Waals surface area (Å²) in [4.78, 5) is 14.1. The minimum absolute atomic E-state index is 0.369. The van der Waals surface area contributed by atoms with Gasteiger partial charge in [-0.15, -0.1) is 0 Å². The Bertz CT molecular complexity index is 948. The average molecular weight is 363 g/mol. The fourth-order valence-electron chi connectivity index (χ4n) is 2.83. The predicted octanol–water partition coefficient (Wildman–Crippen LogP) is 3.35. The molecular weight excluding hydrogens is 344 g/mol. The Morgan fingerprint density at radius 1 is 1.20 bits per heavy atom. The molecule has 0 aliphatic heterocycles. The first-order valence-electron chi connectivity index (χ1n) is 7.70. The van der Waals surface area contributed by atoms with E-state index in [1.807, 2.05) is 30.1 Å². The van der Waals surface area contributed by atoms with E-state index in [9.17, 15) is 4.79 Å². The molecule has 132 valence electrons. The van der Waals surface area contributed by atoms with Crippen molar-refractivity contribution in [3.05, 3.63) is 57.5 Å². The van der Waals surface area contributed by atoms with Gasteiger partial charge in [0, 0.05) is 23.2 Å². The summed E-state index contributed by atoms with van der Waals surface area (Å²) in [5, 5.41) is 0.530. The number of para-hydroxylation sites is 1. The molecule has 0 saturated heterocycles. The van der Waals surface area contributed by atoms with E-state index in [0.29, 0.717) is 40.8 Å². The zero-order valence-corrected chi connectivity index (χ0v) is 15.0. The number of nitrogens with zero attached hydrogens (tertiary/aromatic N) is 2. The van der Waals surface area contributed by atoms with Crippen LogP contribution in [0.3, 0.4) is 0 Å². The number of rotatable bonds is 6. The van der Waals surface area contributed by atoms with Crippen molar-refractivity contribution in [1.82, 2.24) is 9.47 Å². The Hall–Kier alpha value is -2.44. The van der Waals surface area contributed by atoms with Crippen molar-refractivity contribution < 1.29 is 13.9 Å². The Labute approximate surface area is 150 Å². The number of aromatic nitrogens is 1. The zero-order chi connectivity index (χ0) is 18.0. The van der Waals surface area contributed by atoms with E-state index < -0.39 is 5.76 Å². The lowest BCUT2D eigenvalue weighted by atomic mass is 10.1. The average Bonchev–Trinajstić information content (AvgIpc) is 2.89. The predicted molar refractivity (Wildman–Crippen MR) is 96.5 cm³/mol.